The summed E-state index contributed by atoms with van der Waals surface area (Å²) < 4.78 is 1.99. The molecule has 0 aromatic carbocycles. The third-order valence-electron chi connectivity index (χ3n) is 1.63. The molecule has 1 nitrogen and oxygen atoms in total. The maximum absolute atomic E-state index is 4.10. The fourth-order valence-electron chi connectivity index (χ4n) is 0.871. The van der Waals surface area contributed by atoms with Crippen LogP contribution in [0.4, 0.5) is 0 Å². The third-order valence-corrected chi connectivity index (χ3v) is 2.61. The molecule has 0 amide bonds. The lowest BCUT2D eigenvalue weighted by Crippen LogP contribution is -2.09. The molecule has 0 fully saturated rings. The van der Waals surface area contributed by atoms with E-state index in [4.69, 9.17) is 0 Å². The van der Waals surface area contributed by atoms with Crippen LogP contribution in [0.25, 0.3) is 0 Å². The summed E-state index contributed by atoms with van der Waals surface area (Å²) in [6, 6.07) is 2.13. The summed E-state index contributed by atoms with van der Waals surface area (Å²) in [6.45, 7) is 6.61. The molecule has 11 heavy (non-hydrogen) atoms. The molecule has 0 saturated carbocycles. The summed E-state index contributed by atoms with van der Waals surface area (Å²) in [5.74, 6) is 0. The smallest absolute Gasteiger partial charge is 0.0221 e. The van der Waals surface area contributed by atoms with E-state index in [1.165, 1.54) is 16.5 Å². The first-order valence-electron chi connectivity index (χ1n) is 3.54. The average Bonchev–Trinajstić information content (AvgIpc) is 2.32. The van der Waals surface area contributed by atoms with Gasteiger partial charge in [0, 0.05) is 23.4 Å². The first-order valence-corrected chi connectivity index (χ1v) is 5.37. The molecule has 0 spiro atoms. The molecule has 1 heterocycles. The minimum absolute atomic E-state index is 0.245. The van der Waals surface area contributed by atoms with Crippen LogP contribution in [-0.2, 0) is 5.41 Å². The molecular formula is C8H13NS2. The van der Waals surface area contributed by atoms with E-state index in [2.05, 4.69) is 44.7 Å². The number of hydrogen-bond acceptors (Lipinski definition) is 2. The topological polar surface area (TPSA) is 4.93 Å². The van der Waals surface area contributed by atoms with Crippen LogP contribution in [0.5, 0.6) is 0 Å². The molecular weight excluding hydrogens is 174 g/mol. The zero-order chi connectivity index (χ0) is 8.48. The molecule has 0 atom stereocenters. The van der Waals surface area contributed by atoms with Gasteiger partial charge >= 0.3 is 0 Å². The Morgan fingerprint density at radius 3 is 2.36 bits per heavy atom. The third kappa shape index (κ3) is 2.20. The van der Waals surface area contributed by atoms with Gasteiger partial charge in [0.1, 0.15) is 0 Å². The molecule has 1 aromatic heterocycles. The molecule has 0 unspecified atom stereocenters. The van der Waals surface area contributed by atoms with Gasteiger partial charge in [-0.05, 0) is 17.0 Å². The Balaban J connectivity index is 2.89. The van der Waals surface area contributed by atoms with Crippen molar-refractivity contribution in [2.24, 2.45) is 0 Å². The first kappa shape index (κ1) is 9.07. The lowest BCUT2D eigenvalue weighted by atomic mass is 9.89. The molecule has 0 aliphatic carbocycles. The van der Waals surface area contributed by atoms with E-state index in [9.17, 15) is 0 Å². The van der Waals surface area contributed by atoms with Gasteiger partial charge in [0.05, 0.1) is 0 Å². The Morgan fingerprint density at radius 1 is 1.45 bits per heavy atom. The highest BCUT2D eigenvalue weighted by Gasteiger charge is 2.14. The van der Waals surface area contributed by atoms with Crippen molar-refractivity contribution in [2.75, 3.05) is 0 Å². The molecule has 0 saturated heterocycles. The standard InChI is InChI=1S/C8H13NS2/c1-8(2,3)7-4-5-9(6-7)11-10/h4-6,10H,1-3H3. The highest BCUT2D eigenvalue weighted by Crippen LogP contribution is 2.24. The van der Waals surface area contributed by atoms with Gasteiger partial charge in [-0.25, -0.2) is 0 Å². The fourth-order valence-corrected chi connectivity index (χ4v) is 1.45. The highest BCUT2D eigenvalue weighted by molar-refractivity contribution is 8.67. The lowest BCUT2D eigenvalue weighted by molar-refractivity contribution is 0.591. The Morgan fingerprint density at radius 2 is 2.09 bits per heavy atom. The van der Waals surface area contributed by atoms with Crippen molar-refractivity contribution in [2.45, 2.75) is 26.2 Å². The first-order chi connectivity index (χ1) is 5.04. The second-order valence-corrected chi connectivity index (χ2v) is 4.67. The van der Waals surface area contributed by atoms with Crippen molar-refractivity contribution in [1.29, 1.82) is 0 Å². The monoisotopic (exact) mass is 187 g/mol. The van der Waals surface area contributed by atoms with E-state index >= 15 is 0 Å². The van der Waals surface area contributed by atoms with Gasteiger partial charge in [-0.15, -0.1) is 0 Å². The van der Waals surface area contributed by atoms with E-state index in [0.717, 1.165) is 0 Å². The predicted molar refractivity (Wildman–Crippen MR) is 55.1 cm³/mol. The molecule has 0 aliphatic heterocycles. The van der Waals surface area contributed by atoms with Gasteiger partial charge in [-0.1, -0.05) is 32.4 Å². The highest BCUT2D eigenvalue weighted by atomic mass is 33.1. The second kappa shape index (κ2) is 3.15. The predicted octanol–water partition coefficient (Wildman–Crippen LogP) is 3.13. The van der Waals surface area contributed by atoms with Crippen molar-refractivity contribution < 1.29 is 0 Å². The molecule has 3 heteroatoms. The lowest BCUT2D eigenvalue weighted by Gasteiger charge is -2.15. The quantitative estimate of drug-likeness (QED) is 0.523. The molecule has 62 valence electrons. The molecule has 0 bridgehead atoms. The van der Waals surface area contributed by atoms with Crippen molar-refractivity contribution in [3.05, 3.63) is 24.0 Å². The SMILES string of the molecule is CC(C)(C)c1ccn(SS)c1. The van der Waals surface area contributed by atoms with Crippen LogP contribution < -0.4 is 0 Å². The van der Waals surface area contributed by atoms with Gasteiger partial charge < -0.3 is 0 Å². The van der Waals surface area contributed by atoms with E-state index in [0.29, 0.717) is 0 Å². The van der Waals surface area contributed by atoms with Gasteiger partial charge in [0.15, 0.2) is 0 Å². The maximum Gasteiger partial charge on any atom is 0.0221 e. The van der Waals surface area contributed by atoms with Gasteiger partial charge in [0.2, 0.25) is 0 Å². The van der Waals surface area contributed by atoms with Crippen LogP contribution in [0, 0.1) is 0 Å². The second-order valence-electron chi connectivity index (χ2n) is 3.59. The zero-order valence-corrected chi connectivity index (χ0v) is 8.75. The van der Waals surface area contributed by atoms with Gasteiger partial charge in [0.25, 0.3) is 0 Å². The van der Waals surface area contributed by atoms with E-state index < -0.39 is 0 Å². The van der Waals surface area contributed by atoms with Crippen LogP contribution in [0.15, 0.2) is 18.5 Å². The summed E-state index contributed by atoms with van der Waals surface area (Å²) in [6.07, 6.45) is 4.13. The summed E-state index contributed by atoms with van der Waals surface area (Å²) >= 11 is 4.10. The largest absolute Gasteiger partial charge is 0.290 e. The molecule has 1 aromatic rings. The summed E-state index contributed by atoms with van der Waals surface area (Å²) in [4.78, 5) is 0. The summed E-state index contributed by atoms with van der Waals surface area (Å²) in [7, 11) is 1.42. The van der Waals surface area contributed by atoms with Gasteiger partial charge in [-0.3, -0.25) is 3.97 Å². The number of hydrogen-bond donors (Lipinski definition) is 1. The van der Waals surface area contributed by atoms with Crippen molar-refractivity contribution in [1.82, 2.24) is 3.97 Å². The summed E-state index contributed by atoms with van der Waals surface area (Å²) in [5, 5.41) is 0. The van der Waals surface area contributed by atoms with Crippen molar-refractivity contribution in [3.63, 3.8) is 0 Å². The minimum atomic E-state index is 0.245. The van der Waals surface area contributed by atoms with Crippen LogP contribution in [0.2, 0.25) is 0 Å². The number of aromatic nitrogens is 1. The number of thiol groups is 1. The number of rotatable bonds is 1. The average molecular weight is 187 g/mol. The Hall–Kier alpha value is -0.0200. The number of nitrogens with zero attached hydrogens (tertiary/aromatic N) is 1. The van der Waals surface area contributed by atoms with Crippen molar-refractivity contribution >= 4 is 22.6 Å². The molecule has 0 aliphatic rings. The minimum Gasteiger partial charge on any atom is -0.290 e. The Kier molecular flexibility index (Phi) is 2.60. The fraction of sp³-hybridized carbons (Fsp3) is 0.500. The van der Waals surface area contributed by atoms with Crippen LogP contribution in [0.1, 0.15) is 26.3 Å². The van der Waals surface area contributed by atoms with E-state index in [1.807, 2.05) is 10.2 Å². The molecule has 0 radical (unpaired) electrons. The maximum atomic E-state index is 4.10. The van der Waals surface area contributed by atoms with Crippen LogP contribution in [0.3, 0.4) is 0 Å². The molecule has 0 N–H and O–H groups in total. The van der Waals surface area contributed by atoms with Crippen molar-refractivity contribution in [3.8, 4) is 0 Å². The Labute approximate surface area is 77.1 Å². The zero-order valence-electron chi connectivity index (χ0n) is 7.03. The summed E-state index contributed by atoms with van der Waals surface area (Å²) in [5.41, 5.74) is 1.59. The Bertz CT molecular complexity index is 234. The van der Waals surface area contributed by atoms with Crippen LogP contribution >= 0.6 is 22.6 Å². The van der Waals surface area contributed by atoms with E-state index in [1.54, 1.807) is 0 Å². The normalized spacial score (nSPS) is 12.0. The van der Waals surface area contributed by atoms with Gasteiger partial charge in [-0.2, -0.15) is 0 Å². The van der Waals surface area contributed by atoms with Crippen LogP contribution in [-0.4, -0.2) is 3.97 Å². The van der Waals surface area contributed by atoms with E-state index in [-0.39, 0.29) is 5.41 Å². The molecule has 1 rings (SSSR count).